The molecule has 7 aromatic carbocycles. The van der Waals surface area contributed by atoms with Crippen LogP contribution in [0.5, 0.6) is 0 Å². The molecule has 0 spiro atoms. The Kier molecular flexibility index (Phi) is 8.54. The Morgan fingerprint density at radius 1 is 0.541 bits per heavy atom. The highest BCUT2D eigenvalue weighted by molar-refractivity contribution is 7.33. The van der Waals surface area contributed by atoms with E-state index in [4.69, 9.17) is 4.42 Å². The van der Waals surface area contributed by atoms with E-state index in [0.717, 1.165) is 34.8 Å². The zero-order valence-electron chi connectivity index (χ0n) is 36.5. The summed E-state index contributed by atoms with van der Waals surface area (Å²) in [6.45, 7) is 18.5. The lowest BCUT2D eigenvalue weighted by Crippen LogP contribution is -2.60. The smallest absolute Gasteiger partial charge is 0.264 e. The summed E-state index contributed by atoms with van der Waals surface area (Å²) in [6.07, 6.45) is 1.99. The largest absolute Gasteiger partial charge is 0.456 e. The molecule has 0 fully saturated rings. The van der Waals surface area contributed by atoms with Gasteiger partial charge in [-0.25, -0.2) is 0 Å². The first-order valence-corrected chi connectivity index (χ1v) is 22.8. The quantitative estimate of drug-likeness (QED) is 0.161. The topological polar surface area (TPSA) is 19.6 Å². The molecule has 3 nitrogen and oxygen atoms in total. The molecule has 300 valence electrons. The first-order valence-electron chi connectivity index (χ1n) is 22.0. The van der Waals surface area contributed by atoms with Crippen LogP contribution in [0.3, 0.4) is 0 Å². The van der Waals surface area contributed by atoms with Crippen LogP contribution in [-0.2, 0) is 23.7 Å². The summed E-state index contributed by atoms with van der Waals surface area (Å²) in [6, 6.07) is 53.1. The van der Waals surface area contributed by atoms with E-state index in [-0.39, 0.29) is 17.5 Å². The van der Waals surface area contributed by atoms with Crippen LogP contribution in [0.2, 0.25) is 0 Å². The summed E-state index contributed by atoms with van der Waals surface area (Å²) in [5, 5.41) is 3.62. The first-order chi connectivity index (χ1) is 29.4. The first kappa shape index (κ1) is 37.9. The minimum absolute atomic E-state index is 0.0276. The van der Waals surface area contributed by atoms with Gasteiger partial charge in [-0.05, 0) is 135 Å². The number of anilines is 6. The van der Waals surface area contributed by atoms with Crippen LogP contribution in [-0.4, -0.2) is 6.71 Å². The molecule has 0 unspecified atom stereocenters. The van der Waals surface area contributed by atoms with E-state index >= 15 is 0 Å². The highest BCUT2D eigenvalue weighted by Crippen LogP contribution is 2.50. The Bertz CT molecular complexity index is 3210. The van der Waals surface area contributed by atoms with E-state index in [0.29, 0.717) is 0 Å². The number of nitrogens with zero attached hydrogens (tertiary/aromatic N) is 2. The Labute approximate surface area is 364 Å². The third-order valence-corrected chi connectivity index (χ3v) is 14.5. The predicted octanol–water partition coefficient (Wildman–Crippen LogP) is 14.3. The van der Waals surface area contributed by atoms with Crippen molar-refractivity contribution in [2.45, 2.75) is 79.1 Å². The summed E-state index contributed by atoms with van der Waals surface area (Å²) in [5.74, 6) is 0. The molecule has 0 amide bonds. The molecule has 0 bridgehead atoms. The van der Waals surface area contributed by atoms with Gasteiger partial charge in [0, 0.05) is 53.9 Å². The maximum Gasteiger partial charge on any atom is 0.264 e. The Morgan fingerprint density at radius 2 is 1.21 bits per heavy atom. The normalized spacial score (nSPS) is 13.6. The van der Waals surface area contributed by atoms with Crippen LogP contribution < -0.4 is 25.5 Å². The second kappa shape index (κ2) is 13.7. The van der Waals surface area contributed by atoms with E-state index in [2.05, 4.69) is 199 Å². The van der Waals surface area contributed by atoms with Gasteiger partial charge in [-0.15, -0.1) is 11.3 Å². The zero-order chi connectivity index (χ0) is 41.9. The fourth-order valence-corrected chi connectivity index (χ4v) is 11.2. The van der Waals surface area contributed by atoms with Crippen LogP contribution in [0.15, 0.2) is 144 Å². The van der Waals surface area contributed by atoms with Gasteiger partial charge in [0.25, 0.3) is 6.71 Å². The van der Waals surface area contributed by atoms with Gasteiger partial charge in [-0.1, -0.05) is 122 Å². The third-order valence-electron chi connectivity index (χ3n) is 13.3. The number of rotatable bonds is 5. The van der Waals surface area contributed by atoms with Crippen LogP contribution in [0.4, 0.5) is 34.1 Å². The zero-order valence-corrected chi connectivity index (χ0v) is 37.3. The highest BCUT2D eigenvalue weighted by atomic mass is 32.1. The fourth-order valence-electron chi connectivity index (χ4n) is 9.89. The summed E-state index contributed by atoms with van der Waals surface area (Å²) < 4.78 is 9.09. The van der Waals surface area contributed by atoms with Gasteiger partial charge in [0.1, 0.15) is 11.2 Å². The lowest BCUT2D eigenvalue weighted by Gasteiger charge is -2.43. The molecule has 0 aliphatic carbocycles. The highest BCUT2D eigenvalue weighted by Gasteiger charge is 2.45. The maximum atomic E-state index is 6.35. The maximum absolute atomic E-state index is 6.35. The molecule has 2 aromatic heterocycles. The number of hydrogen-bond donors (Lipinski definition) is 0. The van der Waals surface area contributed by atoms with E-state index in [1.54, 1.807) is 0 Å². The lowest BCUT2D eigenvalue weighted by atomic mass is 9.36. The second-order valence-electron chi connectivity index (χ2n) is 19.1. The molecule has 4 heterocycles. The average Bonchev–Trinajstić information content (AvgIpc) is 3.83. The van der Waals surface area contributed by atoms with Crippen LogP contribution in [0.25, 0.3) is 43.2 Å². The fraction of sp³-hybridized carbons (Fsp3) is 0.214. The van der Waals surface area contributed by atoms with Crippen molar-refractivity contribution in [2.24, 2.45) is 0 Å². The molecule has 2 aliphatic rings. The van der Waals surface area contributed by atoms with Crippen molar-refractivity contribution in [3.63, 3.8) is 0 Å². The summed E-state index contributed by atoms with van der Waals surface area (Å²) in [4.78, 5) is 5.17. The molecule has 0 radical (unpaired) electrons. The summed E-state index contributed by atoms with van der Waals surface area (Å²) in [7, 11) is 0. The van der Waals surface area contributed by atoms with Gasteiger partial charge in [0.15, 0.2) is 0 Å². The molecule has 61 heavy (non-hydrogen) atoms. The number of fused-ring (bicyclic) bond motifs is 9. The molecule has 11 rings (SSSR count). The van der Waals surface area contributed by atoms with Crippen molar-refractivity contribution in [1.29, 1.82) is 0 Å². The number of furan rings is 1. The molecule has 0 N–H and O–H groups in total. The van der Waals surface area contributed by atoms with Crippen molar-refractivity contribution in [3.8, 4) is 11.1 Å². The molecule has 5 heteroatoms. The van der Waals surface area contributed by atoms with Crippen LogP contribution in [0, 0.1) is 0 Å². The second-order valence-corrected chi connectivity index (χ2v) is 20.2. The number of thiophene rings is 1. The molecule has 2 aliphatic heterocycles. The molecular formula is C56H51BN2OS. The van der Waals surface area contributed by atoms with Gasteiger partial charge in [-0.2, -0.15) is 0 Å². The standard InChI is InChI=1S/C56H51BN2OS/c1-9-34-18-24-39(25-19-34)58-47-15-13-16-48-52(47)57(54-53(58)43-33-38(56(6,7)8)23-29-51(43)61-54)44-30-35(10-2)20-26-46(44)59(48)45-27-22-37(55(3,4)5)32-41(45)36-21-28-50-42(31-36)40-14-11-12-17-49(40)60-50/h11-33H,9-10H2,1-8H3. The number of benzene rings is 7. The molecule has 0 atom stereocenters. The average molecular weight is 811 g/mol. The van der Waals surface area contributed by atoms with Gasteiger partial charge in [-0.3, -0.25) is 0 Å². The van der Waals surface area contributed by atoms with Gasteiger partial charge >= 0.3 is 0 Å². The van der Waals surface area contributed by atoms with Crippen molar-refractivity contribution in [1.82, 2.24) is 0 Å². The monoisotopic (exact) mass is 810 g/mol. The van der Waals surface area contributed by atoms with Crippen LogP contribution in [0.1, 0.15) is 77.6 Å². The number of hydrogen-bond acceptors (Lipinski definition) is 4. The minimum atomic E-state index is -0.0369. The van der Waals surface area contributed by atoms with E-state index in [1.165, 1.54) is 93.3 Å². The summed E-state index contributed by atoms with van der Waals surface area (Å²) in [5.41, 5.74) is 19.7. The third kappa shape index (κ3) is 5.91. The van der Waals surface area contributed by atoms with Crippen molar-refractivity contribution in [2.75, 3.05) is 9.80 Å². The van der Waals surface area contributed by atoms with Crippen molar-refractivity contribution < 1.29 is 4.42 Å². The van der Waals surface area contributed by atoms with Gasteiger partial charge < -0.3 is 14.2 Å². The van der Waals surface area contributed by atoms with Crippen LogP contribution >= 0.6 is 11.3 Å². The Morgan fingerprint density at radius 3 is 1.97 bits per heavy atom. The SMILES string of the molecule is CCc1ccc(N2c3cccc4c3B(c3cc(CC)ccc3N4c3ccc(C(C)(C)C)cc3-c3ccc4oc5ccccc5c4c3)c3sc4ccc(C(C)(C)C)cc4c32)cc1. The minimum Gasteiger partial charge on any atom is -0.456 e. The lowest BCUT2D eigenvalue weighted by molar-refractivity contribution is 0.590. The molecule has 0 saturated carbocycles. The number of para-hydroxylation sites is 1. The van der Waals surface area contributed by atoms with E-state index in [9.17, 15) is 0 Å². The summed E-state index contributed by atoms with van der Waals surface area (Å²) >= 11 is 1.98. The molecular weight excluding hydrogens is 760 g/mol. The molecule has 9 aromatic rings. The van der Waals surface area contributed by atoms with Crippen molar-refractivity contribution in [3.05, 3.63) is 162 Å². The van der Waals surface area contributed by atoms with Crippen molar-refractivity contribution >= 4 is 99.9 Å². The number of aryl methyl sites for hydroxylation is 2. The van der Waals surface area contributed by atoms with Gasteiger partial charge in [0.2, 0.25) is 0 Å². The Balaban J connectivity index is 1.21. The predicted molar refractivity (Wildman–Crippen MR) is 265 cm³/mol. The van der Waals surface area contributed by atoms with E-state index in [1.807, 2.05) is 17.4 Å². The Hall–Kier alpha value is -6.04. The van der Waals surface area contributed by atoms with Gasteiger partial charge in [0.05, 0.1) is 11.4 Å². The molecule has 0 saturated heterocycles. The van der Waals surface area contributed by atoms with E-state index < -0.39 is 0 Å².